The lowest BCUT2D eigenvalue weighted by molar-refractivity contribution is -0.126. The predicted octanol–water partition coefficient (Wildman–Crippen LogP) is 1.85. The van der Waals surface area contributed by atoms with E-state index in [1.165, 1.54) is 12.8 Å². The third kappa shape index (κ3) is 4.08. The topological polar surface area (TPSA) is 55.1 Å². The van der Waals surface area contributed by atoms with Gasteiger partial charge in [0.25, 0.3) is 0 Å². The molecule has 0 spiro atoms. The minimum Gasteiger partial charge on any atom is -0.393 e. The van der Waals surface area contributed by atoms with E-state index in [0.29, 0.717) is 11.5 Å². The van der Waals surface area contributed by atoms with Crippen molar-refractivity contribution in [2.45, 2.75) is 39.5 Å². The number of hydrogen-bond acceptors (Lipinski definition) is 2. The molecule has 1 aliphatic rings. The van der Waals surface area contributed by atoms with Gasteiger partial charge in [-0.25, -0.2) is 0 Å². The maximum absolute atomic E-state index is 11.8. The van der Waals surface area contributed by atoms with E-state index in [4.69, 9.17) is 18.0 Å². The van der Waals surface area contributed by atoms with Gasteiger partial charge in [-0.1, -0.05) is 26.1 Å². The molecule has 1 saturated carbocycles. The molecule has 0 aliphatic heterocycles. The molecule has 16 heavy (non-hydrogen) atoms. The average Bonchev–Trinajstić information content (AvgIpc) is 2.26. The molecular formula is C12H22N2OS. The van der Waals surface area contributed by atoms with Gasteiger partial charge < -0.3 is 11.1 Å². The summed E-state index contributed by atoms with van der Waals surface area (Å²) in [5.41, 5.74) is 5.50. The molecule has 0 aromatic carbocycles. The van der Waals surface area contributed by atoms with E-state index in [-0.39, 0.29) is 17.7 Å². The summed E-state index contributed by atoms with van der Waals surface area (Å²) < 4.78 is 0. The molecule has 0 aromatic rings. The Morgan fingerprint density at radius 1 is 1.44 bits per heavy atom. The second-order valence-electron chi connectivity index (χ2n) is 5.01. The van der Waals surface area contributed by atoms with Gasteiger partial charge in [-0.15, -0.1) is 0 Å². The molecule has 1 rings (SSSR count). The number of hydrogen-bond donors (Lipinski definition) is 2. The van der Waals surface area contributed by atoms with Crippen LogP contribution in [-0.4, -0.2) is 17.4 Å². The van der Waals surface area contributed by atoms with Crippen molar-refractivity contribution < 1.29 is 4.79 Å². The van der Waals surface area contributed by atoms with Gasteiger partial charge in [0, 0.05) is 18.4 Å². The van der Waals surface area contributed by atoms with Crippen LogP contribution in [0.4, 0.5) is 0 Å². The number of thiocarbonyl (C=S) groups is 1. The van der Waals surface area contributed by atoms with Gasteiger partial charge in [-0.2, -0.15) is 0 Å². The van der Waals surface area contributed by atoms with Crippen LogP contribution in [0, 0.1) is 17.8 Å². The van der Waals surface area contributed by atoms with Gasteiger partial charge in [-0.3, -0.25) is 4.79 Å². The lowest BCUT2D eigenvalue weighted by Gasteiger charge is -2.25. The van der Waals surface area contributed by atoms with Crippen LogP contribution in [0.5, 0.6) is 0 Å². The zero-order valence-corrected chi connectivity index (χ0v) is 11.0. The highest BCUT2D eigenvalue weighted by Crippen LogP contribution is 2.28. The molecule has 1 amide bonds. The molecule has 0 saturated heterocycles. The van der Waals surface area contributed by atoms with Crippen LogP contribution in [0.15, 0.2) is 0 Å². The van der Waals surface area contributed by atoms with E-state index in [0.717, 1.165) is 18.8 Å². The van der Waals surface area contributed by atoms with Crippen LogP contribution in [-0.2, 0) is 4.79 Å². The van der Waals surface area contributed by atoms with Gasteiger partial charge in [0.15, 0.2) is 0 Å². The average molecular weight is 242 g/mol. The Morgan fingerprint density at radius 2 is 2.00 bits per heavy atom. The third-order valence-corrected chi connectivity index (χ3v) is 3.86. The van der Waals surface area contributed by atoms with E-state index in [9.17, 15) is 4.79 Å². The number of rotatable bonds is 4. The quantitative estimate of drug-likeness (QED) is 0.740. The Bertz CT molecular complexity index is 260. The second kappa shape index (κ2) is 6.18. The van der Waals surface area contributed by atoms with Crippen LogP contribution < -0.4 is 11.1 Å². The summed E-state index contributed by atoms with van der Waals surface area (Å²) in [5, 5.41) is 2.94. The molecule has 3 nitrogen and oxygen atoms in total. The molecule has 1 aliphatic carbocycles. The molecule has 0 bridgehead atoms. The number of carbonyl (C=O) groups is 1. The Balaban J connectivity index is 2.27. The highest BCUT2D eigenvalue weighted by molar-refractivity contribution is 7.80. The van der Waals surface area contributed by atoms with E-state index in [1.54, 1.807) is 0 Å². The summed E-state index contributed by atoms with van der Waals surface area (Å²) in [4.78, 5) is 12.3. The summed E-state index contributed by atoms with van der Waals surface area (Å²) in [7, 11) is 0. The number of nitrogens with two attached hydrogens (primary N) is 1. The van der Waals surface area contributed by atoms with Crippen molar-refractivity contribution in [1.82, 2.24) is 5.32 Å². The Labute approximate surface area is 103 Å². The van der Waals surface area contributed by atoms with Crippen molar-refractivity contribution in [2.24, 2.45) is 23.5 Å². The van der Waals surface area contributed by atoms with Gasteiger partial charge in [-0.05, 0) is 31.6 Å². The minimum atomic E-state index is 0.0847. The molecule has 1 fully saturated rings. The van der Waals surface area contributed by atoms with Crippen LogP contribution in [0.3, 0.4) is 0 Å². The Hall–Kier alpha value is -0.640. The lowest BCUT2D eigenvalue weighted by atomic mass is 9.82. The van der Waals surface area contributed by atoms with Crippen molar-refractivity contribution in [3.63, 3.8) is 0 Å². The number of nitrogens with one attached hydrogen (secondary N) is 1. The molecule has 0 radical (unpaired) electrons. The van der Waals surface area contributed by atoms with Crippen molar-refractivity contribution in [3.8, 4) is 0 Å². The molecule has 0 heterocycles. The largest absolute Gasteiger partial charge is 0.393 e. The second-order valence-corrected chi connectivity index (χ2v) is 5.48. The van der Waals surface area contributed by atoms with Crippen LogP contribution >= 0.6 is 12.2 Å². The smallest absolute Gasteiger partial charge is 0.223 e. The fourth-order valence-electron chi connectivity index (χ4n) is 2.02. The first kappa shape index (κ1) is 13.4. The molecule has 92 valence electrons. The van der Waals surface area contributed by atoms with E-state index >= 15 is 0 Å². The zero-order valence-electron chi connectivity index (χ0n) is 10.2. The summed E-state index contributed by atoms with van der Waals surface area (Å²) in [6.45, 7) is 4.76. The van der Waals surface area contributed by atoms with Crippen molar-refractivity contribution >= 4 is 23.1 Å². The van der Waals surface area contributed by atoms with Crippen LogP contribution in [0.25, 0.3) is 0 Å². The van der Waals surface area contributed by atoms with Crippen molar-refractivity contribution in [1.29, 1.82) is 0 Å². The van der Waals surface area contributed by atoms with Gasteiger partial charge >= 0.3 is 0 Å². The third-order valence-electron chi connectivity index (χ3n) is 3.45. The summed E-state index contributed by atoms with van der Waals surface area (Å²) in [5.74, 6) is 1.24. The van der Waals surface area contributed by atoms with E-state index in [1.807, 2.05) is 6.92 Å². The summed E-state index contributed by atoms with van der Waals surface area (Å²) in [6, 6.07) is 0. The fourth-order valence-corrected chi connectivity index (χ4v) is 2.10. The van der Waals surface area contributed by atoms with Crippen molar-refractivity contribution in [3.05, 3.63) is 0 Å². The number of carbonyl (C=O) groups excluding carboxylic acids is 1. The molecule has 0 aromatic heterocycles. The van der Waals surface area contributed by atoms with Gasteiger partial charge in [0.05, 0.1) is 4.99 Å². The first-order valence-corrected chi connectivity index (χ1v) is 6.48. The minimum absolute atomic E-state index is 0.0847. The van der Waals surface area contributed by atoms with Gasteiger partial charge in [0.2, 0.25) is 5.91 Å². The van der Waals surface area contributed by atoms with E-state index < -0.39 is 0 Å². The maximum Gasteiger partial charge on any atom is 0.223 e. The maximum atomic E-state index is 11.8. The van der Waals surface area contributed by atoms with Crippen LogP contribution in [0.1, 0.15) is 39.5 Å². The lowest BCUT2D eigenvalue weighted by Crippen LogP contribution is -2.38. The summed E-state index contributed by atoms with van der Waals surface area (Å²) in [6.07, 6.45) is 4.38. The van der Waals surface area contributed by atoms with Crippen LogP contribution in [0.2, 0.25) is 0 Å². The first-order valence-electron chi connectivity index (χ1n) is 6.07. The van der Waals surface area contributed by atoms with Gasteiger partial charge in [0.1, 0.15) is 0 Å². The first-order chi connectivity index (χ1) is 7.50. The number of amides is 1. The molecular weight excluding hydrogens is 220 g/mol. The highest BCUT2D eigenvalue weighted by atomic mass is 32.1. The molecule has 4 heteroatoms. The molecule has 1 unspecified atom stereocenters. The molecule has 1 atom stereocenters. The normalized spacial score (nSPS) is 27.1. The predicted molar refractivity (Wildman–Crippen MR) is 70.1 cm³/mol. The Kier molecular flexibility index (Phi) is 5.19. The monoisotopic (exact) mass is 242 g/mol. The zero-order chi connectivity index (χ0) is 12.1. The SMILES string of the molecule is CC1CCC(C(=O)NCC(C)C(N)=S)CC1. The highest BCUT2D eigenvalue weighted by Gasteiger charge is 2.24. The fraction of sp³-hybridized carbons (Fsp3) is 0.833. The standard InChI is InChI=1S/C12H22N2OS/c1-8-3-5-10(6-4-8)12(15)14-7-9(2)11(13)16/h8-10H,3-7H2,1-2H3,(H2,13,16)(H,14,15). The summed E-state index contributed by atoms with van der Waals surface area (Å²) >= 11 is 4.87. The van der Waals surface area contributed by atoms with E-state index in [2.05, 4.69) is 12.2 Å². The Morgan fingerprint density at radius 3 is 2.50 bits per heavy atom. The molecule has 3 N–H and O–H groups in total. The van der Waals surface area contributed by atoms with Crippen molar-refractivity contribution in [2.75, 3.05) is 6.54 Å².